The van der Waals surface area contributed by atoms with Crippen molar-refractivity contribution in [3.05, 3.63) is 35.9 Å². The van der Waals surface area contributed by atoms with Crippen LogP contribution >= 0.6 is 11.6 Å². The maximum absolute atomic E-state index is 10.0. The third kappa shape index (κ3) is 8.49. The lowest BCUT2D eigenvalue weighted by Crippen LogP contribution is -1.92. The fraction of sp³-hybridized carbons (Fsp3) is 0.500. The first kappa shape index (κ1) is 15.2. The van der Waals surface area contributed by atoms with Crippen molar-refractivity contribution in [2.24, 2.45) is 5.92 Å². The third-order valence-corrected chi connectivity index (χ3v) is 2.19. The molecule has 16 heavy (non-hydrogen) atoms. The first-order valence-electron chi connectivity index (χ1n) is 5.66. The zero-order valence-electron chi connectivity index (χ0n) is 10.5. The van der Waals surface area contributed by atoms with Crippen LogP contribution < -0.4 is 0 Å². The predicted octanol–water partition coefficient (Wildman–Crippen LogP) is 4.61. The van der Waals surface area contributed by atoms with Gasteiger partial charge in [-0.1, -0.05) is 58.0 Å². The van der Waals surface area contributed by atoms with Crippen molar-refractivity contribution in [1.82, 2.24) is 0 Å². The van der Waals surface area contributed by atoms with Crippen molar-refractivity contribution in [2.75, 3.05) is 0 Å². The highest BCUT2D eigenvalue weighted by Crippen LogP contribution is 2.11. The number of benzene rings is 1. The van der Waals surface area contributed by atoms with E-state index in [1.807, 2.05) is 19.9 Å². The lowest BCUT2D eigenvalue weighted by Gasteiger charge is -2.01. The second-order valence-corrected chi connectivity index (χ2v) is 4.94. The maximum Gasteiger partial charge on any atom is 0.221 e. The molecule has 0 unspecified atom stereocenters. The Balaban J connectivity index is 0.000000293. The van der Waals surface area contributed by atoms with E-state index in [1.165, 1.54) is 5.56 Å². The van der Waals surface area contributed by atoms with Crippen molar-refractivity contribution >= 4 is 16.8 Å². The first-order valence-corrected chi connectivity index (χ1v) is 6.04. The SMILES string of the molecule is CC(C)CC(=O)Cl.CC(C)c1ccccc1. The molecular weight excluding hydrogens is 220 g/mol. The number of carbonyl (C=O) groups excluding carboxylic acids is 1. The van der Waals surface area contributed by atoms with E-state index in [9.17, 15) is 4.79 Å². The largest absolute Gasteiger partial charge is 0.281 e. The van der Waals surface area contributed by atoms with E-state index < -0.39 is 0 Å². The van der Waals surface area contributed by atoms with Gasteiger partial charge in [-0.05, 0) is 29.0 Å². The molecule has 90 valence electrons. The van der Waals surface area contributed by atoms with Crippen LogP contribution in [0.2, 0.25) is 0 Å². The second kappa shape index (κ2) is 8.35. The Morgan fingerprint density at radius 2 is 1.62 bits per heavy atom. The zero-order valence-corrected chi connectivity index (χ0v) is 11.3. The molecule has 0 aromatic heterocycles. The van der Waals surface area contributed by atoms with Gasteiger partial charge in [0.2, 0.25) is 5.24 Å². The number of carbonyl (C=O) groups is 1. The van der Waals surface area contributed by atoms with Gasteiger partial charge in [-0.3, -0.25) is 4.79 Å². The third-order valence-electron chi connectivity index (χ3n) is 2.03. The molecule has 0 amide bonds. The van der Waals surface area contributed by atoms with Crippen LogP contribution in [-0.2, 0) is 4.79 Å². The van der Waals surface area contributed by atoms with E-state index in [4.69, 9.17) is 11.6 Å². The number of hydrogen-bond donors (Lipinski definition) is 0. The van der Waals surface area contributed by atoms with Gasteiger partial charge >= 0.3 is 0 Å². The highest BCUT2D eigenvalue weighted by atomic mass is 35.5. The molecule has 0 heterocycles. The Kier molecular flexibility index (Phi) is 7.92. The molecule has 0 aliphatic rings. The summed E-state index contributed by atoms with van der Waals surface area (Å²) in [5, 5.41) is -0.241. The molecule has 0 fully saturated rings. The summed E-state index contributed by atoms with van der Waals surface area (Å²) in [7, 11) is 0. The molecule has 0 radical (unpaired) electrons. The summed E-state index contributed by atoms with van der Waals surface area (Å²) in [5.41, 5.74) is 1.41. The molecular formula is C14H21ClO. The predicted molar refractivity (Wildman–Crippen MR) is 70.8 cm³/mol. The first-order chi connectivity index (χ1) is 7.43. The summed E-state index contributed by atoms with van der Waals surface area (Å²) >= 11 is 5.03. The second-order valence-electron chi connectivity index (χ2n) is 4.52. The lowest BCUT2D eigenvalue weighted by atomic mass is 10.0. The molecule has 0 saturated heterocycles. The maximum atomic E-state index is 10.0. The molecule has 0 bridgehead atoms. The van der Waals surface area contributed by atoms with Gasteiger partial charge in [-0.25, -0.2) is 0 Å². The normalized spacial score (nSPS) is 9.94. The van der Waals surface area contributed by atoms with E-state index in [2.05, 4.69) is 38.1 Å². The van der Waals surface area contributed by atoms with Gasteiger partial charge in [-0.2, -0.15) is 0 Å². The average Bonchev–Trinajstić information content (AvgIpc) is 2.17. The quantitative estimate of drug-likeness (QED) is 0.706. The molecule has 1 nitrogen and oxygen atoms in total. The highest BCUT2D eigenvalue weighted by molar-refractivity contribution is 6.63. The summed E-state index contributed by atoms with van der Waals surface area (Å²) < 4.78 is 0. The Morgan fingerprint density at radius 3 is 1.81 bits per heavy atom. The minimum absolute atomic E-state index is 0.241. The molecule has 2 heteroatoms. The summed E-state index contributed by atoms with van der Waals surface area (Å²) in [4.78, 5) is 10.0. The Hall–Kier alpha value is -0.820. The summed E-state index contributed by atoms with van der Waals surface area (Å²) in [6, 6.07) is 10.5. The van der Waals surface area contributed by atoms with E-state index in [1.54, 1.807) is 0 Å². The van der Waals surface area contributed by atoms with Gasteiger partial charge in [0.1, 0.15) is 0 Å². The molecule has 0 atom stereocenters. The van der Waals surface area contributed by atoms with Crippen molar-refractivity contribution in [3.63, 3.8) is 0 Å². The minimum atomic E-state index is -0.241. The van der Waals surface area contributed by atoms with Crippen molar-refractivity contribution in [2.45, 2.75) is 40.0 Å². The number of halogens is 1. The van der Waals surface area contributed by atoms with Crippen LogP contribution in [-0.4, -0.2) is 5.24 Å². The van der Waals surface area contributed by atoms with Gasteiger partial charge < -0.3 is 0 Å². The standard InChI is InChI=1S/C9H12.C5H9ClO/c1-8(2)9-6-4-3-5-7-9;1-4(2)3-5(6)7/h3-8H,1-2H3;4H,3H2,1-2H3. The van der Waals surface area contributed by atoms with Gasteiger partial charge in [-0.15, -0.1) is 0 Å². The number of hydrogen-bond acceptors (Lipinski definition) is 1. The molecule has 1 aromatic carbocycles. The topological polar surface area (TPSA) is 17.1 Å². The van der Waals surface area contributed by atoms with Gasteiger partial charge in [0.05, 0.1) is 0 Å². The molecule has 0 N–H and O–H groups in total. The molecule has 0 spiro atoms. The van der Waals surface area contributed by atoms with E-state index in [-0.39, 0.29) is 5.24 Å². The van der Waals surface area contributed by atoms with Crippen molar-refractivity contribution in [3.8, 4) is 0 Å². The Bertz CT molecular complexity index is 291. The Labute approximate surface area is 104 Å². The van der Waals surface area contributed by atoms with Crippen LogP contribution in [0.5, 0.6) is 0 Å². The van der Waals surface area contributed by atoms with E-state index in [0.717, 1.165) is 0 Å². The van der Waals surface area contributed by atoms with Gasteiger partial charge in [0.25, 0.3) is 0 Å². The fourth-order valence-corrected chi connectivity index (χ4v) is 1.47. The van der Waals surface area contributed by atoms with Crippen LogP contribution in [0, 0.1) is 5.92 Å². The molecule has 0 saturated carbocycles. The smallest absolute Gasteiger partial charge is 0.221 e. The van der Waals surface area contributed by atoms with Crippen LogP contribution in [0.4, 0.5) is 0 Å². The highest BCUT2D eigenvalue weighted by Gasteiger charge is 1.97. The van der Waals surface area contributed by atoms with E-state index >= 15 is 0 Å². The molecule has 0 aliphatic carbocycles. The molecule has 1 rings (SSSR count). The molecule has 0 aliphatic heterocycles. The number of rotatable bonds is 3. The summed E-state index contributed by atoms with van der Waals surface area (Å²) in [6.07, 6.45) is 0.488. The summed E-state index contributed by atoms with van der Waals surface area (Å²) in [6.45, 7) is 8.32. The monoisotopic (exact) mass is 240 g/mol. The zero-order chi connectivity index (χ0) is 12.6. The summed E-state index contributed by atoms with van der Waals surface area (Å²) in [5.74, 6) is 1.05. The van der Waals surface area contributed by atoms with Crippen LogP contribution in [0.15, 0.2) is 30.3 Å². The Morgan fingerprint density at radius 1 is 1.12 bits per heavy atom. The minimum Gasteiger partial charge on any atom is -0.281 e. The fourth-order valence-electron chi connectivity index (χ4n) is 1.16. The van der Waals surface area contributed by atoms with Gasteiger partial charge in [0, 0.05) is 6.42 Å². The average molecular weight is 241 g/mol. The van der Waals surface area contributed by atoms with Crippen molar-refractivity contribution < 1.29 is 4.79 Å². The van der Waals surface area contributed by atoms with Crippen LogP contribution in [0.1, 0.15) is 45.6 Å². The lowest BCUT2D eigenvalue weighted by molar-refractivity contribution is -0.112. The molecule has 1 aromatic rings. The van der Waals surface area contributed by atoms with Crippen LogP contribution in [0.3, 0.4) is 0 Å². The van der Waals surface area contributed by atoms with E-state index in [0.29, 0.717) is 18.3 Å². The van der Waals surface area contributed by atoms with Crippen molar-refractivity contribution in [1.29, 1.82) is 0 Å². The van der Waals surface area contributed by atoms with Gasteiger partial charge in [0.15, 0.2) is 0 Å². The van der Waals surface area contributed by atoms with Crippen LogP contribution in [0.25, 0.3) is 0 Å².